The van der Waals surface area contributed by atoms with Gasteiger partial charge in [0.05, 0.1) is 37.4 Å². The van der Waals surface area contributed by atoms with Gasteiger partial charge in [-0.05, 0) is 99.9 Å². The summed E-state index contributed by atoms with van der Waals surface area (Å²) in [5.41, 5.74) is 8.96. The summed E-state index contributed by atoms with van der Waals surface area (Å²) in [6.45, 7) is 6.30. The maximum absolute atomic E-state index is 12.8. The normalized spacial score (nSPS) is 21.6. The number of hydrogen-bond acceptors (Lipinski definition) is 8. The van der Waals surface area contributed by atoms with Gasteiger partial charge in [-0.2, -0.15) is 0 Å². The number of halogens is 1. The molecule has 3 atom stereocenters. The van der Waals surface area contributed by atoms with E-state index in [4.69, 9.17) is 31.5 Å². The van der Waals surface area contributed by atoms with Gasteiger partial charge < -0.3 is 24.8 Å². The Balaban J connectivity index is 1.42. The summed E-state index contributed by atoms with van der Waals surface area (Å²) in [4.78, 5) is 5.04. The number of rotatable bonds is 14. The molecule has 1 heterocycles. The summed E-state index contributed by atoms with van der Waals surface area (Å²) in [6, 6.07) is 11.3. The van der Waals surface area contributed by atoms with E-state index >= 15 is 0 Å². The standard InChI is InChI=1S/C29H43ClN4O5S/c1-21-17-22(30)18-27-26(21)19-28(34-12-4-5-23(20-34)33(2)3)29(27)39-24-6-8-25(9-7-24)40(35,36)32-11-14-38-16-15-37-13-10-31/h6-9,17-18,23,28-29,32H,4-5,10-16,19-20,31H2,1-3H3/t23-,28+,29+/m1/s1. The van der Waals surface area contributed by atoms with Crippen LogP contribution in [0.5, 0.6) is 5.75 Å². The highest BCUT2D eigenvalue weighted by Gasteiger charge is 2.41. The van der Waals surface area contributed by atoms with E-state index in [1.807, 2.05) is 12.1 Å². The summed E-state index contributed by atoms with van der Waals surface area (Å²) in [5.74, 6) is 0.626. The maximum atomic E-state index is 12.8. The minimum atomic E-state index is -3.67. The van der Waals surface area contributed by atoms with Gasteiger partial charge in [0.1, 0.15) is 11.9 Å². The van der Waals surface area contributed by atoms with E-state index in [1.54, 1.807) is 24.3 Å². The number of likely N-dealkylation sites (N-methyl/N-ethyl adjacent to an activating group) is 1. The molecule has 222 valence electrons. The van der Waals surface area contributed by atoms with Gasteiger partial charge in [-0.3, -0.25) is 4.90 Å². The van der Waals surface area contributed by atoms with E-state index in [0.29, 0.717) is 43.2 Å². The molecule has 1 saturated heterocycles. The second-order valence-corrected chi connectivity index (χ2v) is 12.9. The molecule has 0 radical (unpaired) electrons. The van der Waals surface area contributed by atoms with Gasteiger partial charge in [-0.25, -0.2) is 13.1 Å². The molecular formula is C29H43ClN4O5S. The summed E-state index contributed by atoms with van der Waals surface area (Å²) in [5, 5.41) is 0.704. The van der Waals surface area contributed by atoms with Crippen LogP contribution in [0, 0.1) is 6.92 Å². The van der Waals surface area contributed by atoms with Crippen molar-refractivity contribution in [2.75, 3.05) is 66.7 Å². The van der Waals surface area contributed by atoms with Crippen LogP contribution in [0.3, 0.4) is 0 Å². The molecule has 0 spiro atoms. The van der Waals surface area contributed by atoms with Gasteiger partial charge in [-0.15, -0.1) is 0 Å². The summed E-state index contributed by atoms with van der Waals surface area (Å²) in [6.07, 6.45) is 3.05. The summed E-state index contributed by atoms with van der Waals surface area (Å²) < 4.78 is 45.4. The Morgan fingerprint density at radius 2 is 1.82 bits per heavy atom. The van der Waals surface area contributed by atoms with Crippen molar-refractivity contribution in [1.29, 1.82) is 0 Å². The number of ether oxygens (including phenoxy) is 3. The number of likely N-dealkylation sites (tertiary alicyclic amines) is 1. The number of nitrogens with zero attached hydrogens (tertiary/aromatic N) is 2. The van der Waals surface area contributed by atoms with Crippen LogP contribution in [0.2, 0.25) is 5.02 Å². The molecule has 2 aromatic rings. The van der Waals surface area contributed by atoms with Crippen LogP contribution in [0.4, 0.5) is 0 Å². The van der Waals surface area contributed by atoms with Crippen LogP contribution >= 0.6 is 11.6 Å². The minimum absolute atomic E-state index is 0.169. The van der Waals surface area contributed by atoms with E-state index in [-0.39, 0.29) is 30.2 Å². The molecule has 1 aliphatic carbocycles. The predicted octanol–water partition coefficient (Wildman–Crippen LogP) is 2.99. The van der Waals surface area contributed by atoms with E-state index in [0.717, 1.165) is 31.5 Å². The highest BCUT2D eigenvalue weighted by atomic mass is 35.5. The van der Waals surface area contributed by atoms with Crippen molar-refractivity contribution in [2.45, 2.75) is 49.3 Å². The van der Waals surface area contributed by atoms with E-state index in [9.17, 15) is 8.42 Å². The van der Waals surface area contributed by atoms with Crippen molar-refractivity contribution < 1.29 is 22.6 Å². The van der Waals surface area contributed by atoms with Gasteiger partial charge >= 0.3 is 0 Å². The van der Waals surface area contributed by atoms with E-state index < -0.39 is 10.0 Å². The van der Waals surface area contributed by atoms with Crippen LogP contribution < -0.4 is 15.2 Å². The number of piperidine rings is 1. The quantitative estimate of drug-likeness (QED) is 0.322. The molecule has 0 amide bonds. The van der Waals surface area contributed by atoms with Crippen molar-refractivity contribution in [3.8, 4) is 5.75 Å². The van der Waals surface area contributed by atoms with Crippen LogP contribution in [0.1, 0.15) is 35.6 Å². The molecule has 3 N–H and O–H groups in total. The van der Waals surface area contributed by atoms with Crippen molar-refractivity contribution in [2.24, 2.45) is 5.73 Å². The van der Waals surface area contributed by atoms with Crippen molar-refractivity contribution in [3.05, 3.63) is 58.1 Å². The molecule has 1 fully saturated rings. The highest BCUT2D eigenvalue weighted by Crippen LogP contribution is 2.42. The van der Waals surface area contributed by atoms with Gasteiger partial charge in [0.2, 0.25) is 10.0 Å². The smallest absolute Gasteiger partial charge is 0.240 e. The molecule has 0 bridgehead atoms. The fraction of sp³-hybridized carbons (Fsp3) is 0.586. The van der Waals surface area contributed by atoms with Gasteiger partial charge in [0, 0.05) is 30.7 Å². The lowest BCUT2D eigenvalue weighted by Gasteiger charge is -2.41. The molecule has 0 saturated carbocycles. The Morgan fingerprint density at radius 1 is 1.10 bits per heavy atom. The number of hydrogen-bond donors (Lipinski definition) is 2. The number of nitrogens with one attached hydrogen (secondary N) is 1. The SMILES string of the molecule is Cc1cc(Cl)cc2c1C[C@H](N1CCC[C@@H](N(C)C)C1)[C@H]2Oc1ccc(S(=O)(=O)NCCOCCOCCN)cc1. The Kier molecular flexibility index (Phi) is 11.2. The number of fused-ring (bicyclic) bond motifs is 1. The fourth-order valence-electron chi connectivity index (χ4n) is 5.60. The first-order valence-corrected chi connectivity index (χ1v) is 15.9. The third-order valence-corrected chi connectivity index (χ3v) is 9.43. The first-order chi connectivity index (χ1) is 19.2. The Morgan fingerprint density at radius 3 is 2.52 bits per heavy atom. The maximum Gasteiger partial charge on any atom is 0.240 e. The monoisotopic (exact) mass is 594 g/mol. The molecule has 2 aliphatic rings. The van der Waals surface area contributed by atoms with Crippen LogP contribution in [-0.4, -0.2) is 97.0 Å². The van der Waals surface area contributed by atoms with Crippen LogP contribution in [0.25, 0.3) is 0 Å². The predicted molar refractivity (Wildman–Crippen MR) is 158 cm³/mol. The van der Waals surface area contributed by atoms with E-state index in [1.165, 1.54) is 17.5 Å². The molecule has 0 aromatic heterocycles. The van der Waals surface area contributed by atoms with Gasteiger partial charge in [0.15, 0.2) is 0 Å². The molecule has 2 aromatic carbocycles. The first kappa shape index (κ1) is 31.2. The van der Waals surface area contributed by atoms with Crippen LogP contribution in [-0.2, 0) is 25.9 Å². The highest BCUT2D eigenvalue weighted by molar-refractivity contribution is 7.89. The molecule has 40 heavy (non-hydrogen) atoms. The second kappa shape index (κ2) is 14.4. The minimum Gasteiger partial charge on any atom is -0.484 e. The van der Waals surface area contributed by atoms with Crippen molar-refractivity contribution >= 4 is 21.6 Å². The van der Waals surface area contributed by atoms with Crippen LogP contribution in [0.15, 0.2) is 41.3 Å². The van der Waals surface area contributed by atoms with Gasteiger partial charge in [0.25, 0.3) is 0 Å². The largest absolute Gasteiger partial charge is 0.484 e. The number of benzene rings is 2. The summed E-state index contributed by atoms with van der Waals surface area (Å²) >= 11 is 6.49. The molecular weight excluding hydrogens is 552 g/mol. The zero-order chi connectivity index (χ0) is 28.7. The first-order valence-electron chi connectivity index (χ1n) is 14.0. The average Bonchev–Trinajstić information content (AvgIpc) is 3.29. The Labute approximate surface area is 243 Å². The molecule has 4 rings (SSSR count). The molecule has 11 heteroatoms. The van der Waals surface area contributed by atoms with Crippen molar-refractivity contribution in [1.82, 2.24) is 14.5 Å². The topological polar surface area (TPSA) is 106 Å². The van der Waals surface area contributed by atoms with E-state index in [2.05, 4.69) is 35.5 Å². The average molecular weight is 595 g/mol. The molecule has 0 unspecified atom stereocenters. The lowest BCUT2D eigenvalue weighted by Crippen LogP contribution is -2.51. The van der Waals surface area contributed by atoms with Gasteiger partial charge in [-0.1, -0.05) is 11.6 Å². The second-order valence-electron chi connectivity index (χ2n) is 10.7. The molecule has 1 aliphatic heterocycles. The lowest BCUT2D eigenvalue weighted by molar-refractivity contribution is 0.0380. The third-order valence-electron chi connectivity index (χ3n) is 7.74. The Hall–Kier alpha value is -1.76. The number of aryl methyl sites for hydroxylation is 1. The fourth-order valence-corrected chi connectivity index (χ4v) is 6.90. The number of sulfonamides is 1. The zero-order valence-corrected chi connectivity index (χ0v) is 25.3. The molecule has 9 nitrogen and oxygen atoms in total. The zero-order valence-electron chi connectivity index (χ0n) is 23.8. The van der Waals surface area contributed by atoms with Crippen molar-refractivity contribution in [3.63, 3.8) is 0 Å². The Bertz CT molecular complexity index is 1210. The third kappa shape index (κ3) is 7.95. The lowest BCUT2D eigenvalue weighted by atomic mass is 10.0. The summed E-state index contributed by atoms with van der Waals surface area (Å²) in [7, 11) is 0.620. The number of nitrogens with two attached hydrogens (primary N) is 1.